The van der Waals surface area contributed by atoms with Crippen LogP contribution >= 0.6 is 11.6 Å². The lowest BCUT2D eigenvalue weighted by Crippen LogP contribution is -2.58. The number of hydrogen-bond donors (Lipinski definition) is 1. The summed E-state index contributed by atoms with van der Waals surface area (Å²) < 4.78 is 24.5. The Kier molecular flexibility index (Phi) is 7.07. The smallest absolute Gasteiger partial charge is 0.170 e. The first-order valence-corrected chi connectivity index (χ1v) is 11.7. The van der Waals surface area contributed by atoms with E-state index in [2.05, 4.69) is 23.9 Å². The highest BCUT2D eigenvalue weighted by molar-refractivity contribution is 6.30. The largest absolute Gasteiger partial charge is 0.493 e. The molecule has 1 atom stereocenters. The molecule has 0 saturated carbocycles. The molecule has 5 nitrogen and oxygen atoms in total. The van der Waals surface area contributed by atoms with Crippen molar-refractivity contribution in [2.45, 2.75) is 38.7 Å². The standard InChI is InChI=1S/C26H30ClFN2O3/c1-25(2)18-30(14-11-26(25,31)17-19-4-7-21(28)8-5-19)13-3-15-32-23-9-6-20(27)16-22(23)24-10-12-29-33-24/h4-10,12,16,31H,3,11,13-15,17-18H2,1-2H3. The molecule has 1 fully saturated rings. The highest BCUT2D eigenvalue weighted by atomic mass is 35.5. The molecule has 1 N–H and O–H groups in total. The summed E-state index contributed by atoms with van der Waals surface area (Å²) in [5, 5.41) is 15.8. The lowest BCUT2D eigenvalue weighted by atomic mass is 9.67. The van der Waals surface area contributed by atoms with Crippen LogP contribution in [0.5, 0.6) is 5.75 Å². The maximum absolute atomic E-state index is 13.2. The summed E-state index contributed by atoms with van der Waals surface area (Å²) in [4.78, 5) is 2.38. The fourth-order valence-electron chi connectivity index (χ4n) is 4.57. The monoisotopic (exact) mass is 472 g/mol. The molecule has 176 valence electrons. The fraction of sp³-hybridized carbons (Fsp3) is 0.423. The second-order valence-electron chi connectivity index (χ2n) is 9.46. The van der Waals surface area contributed by atoms with Gasteiger partial charge in [0.15, 0.2) is 5.76 Å². The Labute approximate surface area is 199 Å². The Morgan fingerprint density at radius 1 is 1.18 bits per heavy atom. The van der Waals surface area contributed by atoms with Gasteiger partial charge in [0, 0.05) is 42.6 Å². The van der Waals surface area contributed by atoms with E-state index >= 15 is 0 Å². The highest BCUT2D eigenvalue weighted by Crippen LogP contribution is 2.41. The van der Waals surface area contributed by atoms with Crippen LogP contribution in [0.4, 0.5) is 4.39 Å². The predicted molar refractivity (Wildman–Crippen MR) is 127 cm³/mol. The zero-order valence-corrected chi connectivity index (χ0v) is 19.8. The van der Waals surface area contributed by atoms with Gasteiger partial charge in [0.1, 0.15) is 11.6 Å². The van der Waals surface area contributed by atoms with Gasteiger partial charge < -0.3 is 19.3 Å². The third kappa shape index (κ3) is 5.57. The molecule has 7 heteroatoms. The molecule has 1 saturated heterocycles. The van der Waals surface area contributed by atoms with E-state index in [9.17, 15) is 9.50 Å². The van der Waals surface area contributed by atoms with Crippen molar-refractivity contribution in [1.82, 2.24) is 10.1 Å². The van der Waals surface area contributed by atoms with E-state index in [0.717, 1.165) is 37.2 Å². The third-order valence-corrected chi connectivity index (χ3v) is 6.89. The van der Waals surface area contributed by atoms with E-state index in [0.29, 0.717) is 36.0 Å². The molecule has 3 aromatic rings. The molecule has 1 aliphatic rings. The maximum Gasteiger partial charge on any atom is 0.170 e. The van der Waals surface area contributed by atoms with Gasteiger partial charge in [0.25, 0.3) is 0 Å². The number of halogens is 2. The van der Waals surface area contributed by atoms with Gasteiger partial charge in [0.2, 0.25) is 0 Å². The molecule has 1 unspecified atom stereocenters. The van der Waals surface area contributed by atoms with Crippen LogP contribution < -0.4 is 4.74 Å². The van der Waals surface area contributed by atoms with Crippen LogP contribution in [-0.2, 0) is 6.42 Å². The average molecular weight is 473 g/mol. The van der Waals surface area contributed by atoms with Crippen molar-refractivity contribution in [2.24, 2.45) is 5.41 Å². The third-order valence-electron chi connectivity index (χ3n) is 6.65. The van der Waals surface area contributed by atoms with Gasteiger partial charge in [-0.25, -0.2) is 4.39 Å². The quantitative estimate of drug-likeness (QED) is 0.432. The lowest BCUT2D eigenvalue weighted by molar-refractivity contribution is -0.118. The molecule has 2 aromatic carbocycles. The number of likely N-dealkylation sites (tertiary alicyclic amines) is 1. The van der Waals surface area contributed by atoms with Gasteiger partial charge in [0.05, 0.1) is 24.0 Å². The Morgan fingerprint density at radius 3 is 2.67 bits per heavy atom. The number of piperidine rings is 1. The number of aromatic nitrogens is 1. The van der Waals surface area contributed by atoms with Crippen molar-refractivity contribution >= 4 is 11.6 Å². The number of aliphatic hydroxyl groups is 1. The molecular weight excluding hydrogens is 443 g/mol. The highest BCUT2D eigenvalue weighted by Gasteiger charge is 2.47. The summed E-state index contributed by atoms with van der Waals surface area (Å²) >= 11 is 6.14. The van der Waals surface area contributed by atoms with Gasteiger partial charge in [-0.2, -0.15) is 0 Å². The van der Waals surface area contributed by atoms with Crippen molar-refractivity contribution in [3.05, 3.63) is 71.1 Å². The van der Waals surface area contributed by atoms with Crippen molar-refractivity contribution < 1.29 is 18.8 Å². The van der Waals surface area contributed by atoms with E-state index in [1.165, 1.54) is 12.1 Å². The summed E-state index contributed by atoms with van der Waals surface area (Å²) in [6.45, 7) is 7.24. The predicted octanol–water partition coefficient (Wildman–Crippen LogP) is 5.61. The molecule has 2 heterocycles. The second kappa shape index (κ2) is 9.84. The van der Waals surface area contributed by atoms with E-state index in [4.69, 9.17) is 20.9 Å². The zero-order valence-electron chi connectivity index (χ0n) is 19.1. The van der Waals surface area contributed by atoms with Crippen molar-refractivity contribution in [1.29, 1.82) is 0 Å². The van der Waals surface area contributed by atoms with Crippen LogP contribution in [0.25, 0.3) is 11.3 Å². The van der Waals surface area contributed by atoms with Crippen LogP contribution in [-0.4, -0.2) is 47.0 Å². The van der Waals surface area contributed by atoms with Crippen molar-refractivity contribution in [3.63, 3.8) is 0 Å². The van der Waals surface area contributed by atoms with Gasteiger partial charge in [-0.15, -0.1) is 0 Å². The number of ether oxygens (including phenoxy) is 1. The molecule has 0 bridgehead atoms. The molecule has 0 radical (unpaired) electrons. The summed E-state index contributed by atoms with van der Waals surface area (Å²) in [5.74, 6) is 1.07. The zero-order chi connectivity index (χ0) is 23.5. The first kappa shape index (κ1) is 23.7. The Hall–Kier alpha value is -2.41. The van der Waals surface area contributed by atoms with E-state index in [1.54, 1.807) is 30.5 Å². The molecule has 1 aliphatic heterocycles. The molecule has 4 rings (SSSR count). The van der Waals surface area contributed by atoms with Crippen molar-refractivity contribution in [3.8, 4) is 17.1 Å². The lowest BCUT2D eigenvalue weighted by Gasteiger charge is -2.50. The Balaban J connectivity index is 1.30. The summed E-state index contributed by atoms with van der Waals surface area (Å²) in [7, 11) is 0. The minimum Gasteiger partial charge on any atom is -0.493 e. The number of hydrogen-bond acceptors (Lipinski definition) is 5. The van der Waals surface area contributed by atoms with Crippen LogP contribution in [0.3, 0.4) is 0 Å². The molecular formula is C26H30ClFN2O3. The summed E-state index contributed by atoms with van der Waals surface area (Å²) in [5.41, 5.74) is 0.618. The van der Waals surface area contributed by atoms with Gasteiger partial charge in [-0.3, -0.25) is 0 Å². The summed E-state index contributed by atoms with van der Waals surface area (Å²) in [6, 6.07) is 13.7. The van der Waals surface area contributed by atoms with Crippen LogP contribution in [0.2, 0.25) is 5.02 Å². The van der Waals surface area contributed by atoms with E-state index in [1.807, 2.05) is 12.1 Å². The Morgan fingerprint density at radius 2 is 1.97 bits per heavy atom. The summed E-state index contributed by atoms with van der Waals surface area (Å²) in [6.07, 6.45) is 3.64. The average Bonchev–Trinajstić information content (AvgIpc) is 3.31. The van der Waals surface area contributed by atoms with Crippen LogP contribution in [0.1, 0.15) is 32.3 Å². The minimum absolute atomic E-state index is 0.256. The number of nitrogens with zero attached hydrogens (tertiary/aromatic N) is 2. The molecule has 1 aromatic heterocycles. The number of benzene rings is 2. The van der Waals surface area contributed by atoms with Crippen LogP contribution in [0, 0.1) is 11.2 Å². The molecule has 33 heavy (non-hydrogen) atoms. The SMILES string of the molecule is CC1(C)CN(CCCOc2ccc(Cl)cc2-c2ccno2)CCC1(O)Cc1ccc(F)cc1. The first-order valence-electron chi connectivity index (χ1n) is 11.3. The van der Waals surface area contributed by atoms with E-state index in [-0.39, 0.29) is 11.2 Å². The molecule has 0 aliphatic carbocycles. The Bertz CT molecular complexity index is 1060. The van der Waals surface area contributed by atoms with Gasteiger partial charge in [-0.05, 0) is 48.7 Å². The van der Waals surface area contributed by atoms with Gasteiger partial charge in [-0.1, -0.05) is 42.7 Å². The molecule has 0 spiro atoms. The number of rotatable bonds is 8. The van der Waals surface area contributed by atoms with Crippen LogP contribution in [0.15, 0.2) is 59.3 Å². The first-order chi connectivity index (χ1) is 15.8. The maximum atomic E-state index is 13.2. The van der Waals surface area contributed by atoms with Gasteiger partial charge >= 0.3 is 0 Å². The fourth-order valence-corrected chi connectivity index (χ4v) is 4.74. The normalized spacial score (nSPS) is 20.6. The second-order valence-corrected chi connectivity index (χ2v) is 9.90. The minimum atomic E-state index is -0.826. The van der Waals surface area contributed by atoms with E-state index < -0.39 is 5.60 Å². The topological polar surface area (TPSA) is 58.7 Å². The molecule has 0 amide bonds. The van der Waals surface area contributed by atoms with Crippen molar-refractivity contribution in [2.75, 3.05) is 26.2 Å².